The van der Waals surface area contributed by atoms with Crippen LogP contribution in [0.2, 0.25) is 0 Å². The number of aromatic nitrogens is 1. The van der Waals surface area contributed by atoms with Crippen LogP contribution in [-0.4, -0.2) is 16.1 Å². The van der Waals surface area contributed by atoms with Crippen molar-refractivity contribution in [1.82, 2.24) is 4.98 Å². The molecule has 3 nitrogen and oxygen atoms in total. The summed E-state index contributed by atoms with van der Waals surface area (Å²) in [5.74, 6) is -1.02. The van der Waals surface area contributed by atoms with E-state index in [0.717, 1.165) is 0 Å². The van der Waals surface area contributed by atoms with Gasteiger partial charge in [0, 0.05) is 0 Å². The Bertz CT molecular complexity index is 294. The Morgan fingerprint density at radius 3 is 2.91 bits per heavy atom. The second-order valence-electron chi connectivity index (χ2n) is 1.96. The number of carboxylic acid groups (broad SMARTS) is 1. The van der Waals surface area contributed by atoms with Gasteiger partial charge in [-0.05, 0) is 18.2 Å². The minimum Gasteiger partial charge on any atom is -0.477 e. The zero-order valence-corrected chi connectivity index (χ0v) is 5.82. The van der Waals surface area contributed by atoms with Crippen molar-refractivity contribution < 1.29 is 9.90 Å². The Balaban J connectivity index is 3.10. The van der Waals surface area contributed by atoms with Crippen LogP contribution in [0.4, 0.5) is 0 Å². The second kappa shape index (κ2) is 2.96. The predicted molar refractivity (Wildman–Crippen MR) is 41.3 cm³/mol. The van der Waals surface area contributed by atoms with Gasteiger partial charge in [-0.3, -0.25) is 0 Å². The zero-order valence-electron chi connectivity index (χ0n) is 5.82. The summed E-state index contributed by atoms with van der Waals surface area (Å²) in [6.07, 6.45) is 1.51. The maximum Gasteiger partial charge on any atom is 0.354 e. The third-order valence-corrected chi connectivity index (χ3v) is 1.20. The molecule has 1 rings (SSSR count). The van der Waals surface area contributed by atoms with E-state index in [1.807, 2.05) is 0 Å². The molecular formula is C8H7NO2. The fraction of sp³-hybridized carbons (Fsp3) is 0. The van der Waals surface area contributed by atoms with Crippen LogP contribution in [0, 0.1) is 0 Å². The molecule has 0 aliphatic heterocycles. The van der Waals surface area contributed by atoms with Crippen LogP contribution in [0.25, 0.3) is 6.08 Å². The molecule has 0 atom stereocenters. The predicted octanol–water partition coefficient (Wildman–Crippen LogP) is 1.42. The van der Waals surface area contributed by atoms with Gasteiger partial charge in [-0.15, -0.1) is 0 Å². The molecule has 1 aromatic rings. The van der Waals surface area contributed by atoms with Crippen LogP contribution in [0.1, 0.15) is 16.2 Å². The molecule has 0 aliphatic carbocycles. The summed E-state index contributed by atoms with van der Waals surface area (Å²) in [5.41, 5.74) is 0.618. The molecule has 0 amide bonds. The van der Waals surface area contributed by atoms with Crippen LogP contribution < -0.4 is 0 Å². The van der Waals surface area contributed by atoms with Crippen molar-refractivity contribution in [3.05, 3.63) is 36.2 Å². The number of aromatic carboxylic acids is 1. The average molecular weight is 149 g/mol. The van der Waals surface area contributed by atoms with Gasteiger partial charge in [0.15, 0.2) is 0 Å². The van der Waals surface area contributed by atoms with Gasteiger partial charge in [0.05, 0.1) is 5.69 Å². The minimum absolute atomic E-state index is 0.0439. The first-order valence-electron chi connectivity index (χ1n) is 3.07. The molecule has 1 heterocycles. The summed E-state index contributed by atoms with van der Waals surface area (Å²) < 4.78 is 0. The SMILES string of the molecule is C=Cc1cccc(C(=O)O)n1. The molecular weight excluding hydrogens is 142 g/mol. The van der Waals surface area contributed by atoms with E-state index in [4.69, 9.17) is 5.11 Å². The van der Waals surface area contributed by atoms with Crippen molar-refractivity contribution in [3.63, 3.8) is 0 Å². The molecule has 3 heteroatoms. The lowest BCUT2D eigenvalue weighted by molar-refractivity contribution is 0.0690. The first-order chi connectivity index (χ1) is 5.24. The summed E-state index contributed by atoms with van der Waals surface area (Å²) in [6.45, 7) is 3.48. The van der Waals surface area contributed by atoms with Crippen molar-refractivity contribution in [3.8, 4) is 0 Å². The highest BCUT2D eigenvalue weighted by atomic mass is 16.4. The fourth-order valence-corrected chi connectivity index (χ4v) is 0.684. The fourth-order valence-electron chi connectivity index (χ4n) is 0.684. The molecule has 0 aromatic carbocycles. The molecule has 0 saturated heterocycles. The average Bonchev–Trinajstić information content (AvgIpc) is 2.05. The van der Waals surface area contributed by atoms with E-state index in [1.54, 1.807) is 12.1 Å². The lowest BCUT2D eigenvalue weighted by Crippen LogP contribution is -2.00. The largest absolute Gasteiger partial charge is 0.477 e. The summed E-state index contributed by atoms with van der Waals surface area (Å²) in [5, 5.41) is 8.51. The first kappa shape index (κ1) is 7.47. The molecule has 0 aliphatic rings. The monoisotopic (exact) mass is 149 g/mol. The molecule has 1 aromatic heterocycles. The highest BCUT2D eigenvalue weighted by molar-refractivity contribution is 5.85. The van der Waals surface area contributed by atoms with Gasteiger partial charge < -0.3 is 5.11 Å². The van der Waals surface area contributed by atoms with Crippen molar-refractivity contribution >= 4 is 12.0 Å². The number of nitrogens with zero attached hydrogens (tertiary/aromatic N) is 1. The Morgan fingerprint density at radius 2 is 2.36 bits per heavy atom. The van der Waals surface area contributed by atoms with Gasteiger partial charge in [-0.25, -0.2) is 9.78 Å². The van der Waals surface area contributed by atoms with E-state index in [1.165, 1.54) is 12.1 Å². The molecule has 0 radical (unpaired) electrons. The maximum atomic E-state index is 10.4. The van der Waals surface area contributed by atoms with Crippen LogP contribution in [-0.2, 0) is 0 Å². The summed E-state index contributed by atoms with van der Waals surface area (Å²) in [7, 11) is 0. The lowest BCUT2D eigenvalue weighted by atomic mass is 10.3. The second-order valence-corrected chi connectivity index (χ2v) is 1.96. The standard InChI is InChI=1S/C8H7NO2/c1-2-6-4-3-5-7(9-6)8(10)11/h2-5H,1H2,(H,10,11). The topological polar surface area (TPSA) is 50.2 Å². The third kappa shape index (κ3) is 1.64. The Kier molecular flexibility index (Phi) is 2.01. The summed E-state index contributed by atoms with van der Waals surface area (Å²) >= 11 is 0. The number of hydrogen-bond acceptors (Lipinski definition) is 2. The molecule has 0 fully saturated rings. The quantitative estimate of drug-likeness (QED) is 0.691. The number of carboxylic acids is 1. The minimum atomic E-state index is -1.02. The third-order valence-electron chi connectivity index (χ3n) is 1.20. The maximum absolute atomic E-state index is 10.4. The van der Waals surface area contributed by atoms with Gasteiger partial charge in [0.25, 0.3) is 0 Å². The molecule has 0 bridgehead atoms. The van der Waals surface area contributed by atoms with E-state index < -0.39 is 5.97 Å². The van der Waals surface area contributed by atoms with Crippen LogP contribution in [0.3, 0.4) is 0 Å². The van der Waals surface area contributed by atoms with Crippen LogP contribution >= 0.6 is 0 Å². The van der Waals surface area contributed by atoms with Gasteiger partial charge >= 0.3 is 5.97 Å². The molecule has 0 saturated carbocycles. The van der Waals surface area contributed by atoms with Crippen LogP contribution in [0.5, 0.6) is 0 Å². The number of pyridine rings is 1. The Morgan fingerprint density at radius 1 is 1.64 bits per heavy atom. The van der Waals surface area contributed by atoms with Gasteiger partial charge in [-0.1, -0.05) is 12.6 Å². The van der Waals surface area contributed by atoms with Crippen molar-refractivity contribution in [2.75, 3.05) is 0 Å². The highest BCUT2D eigenvalue weighted by Crippen LogP contribution is 1.99. The molecule has 56 valence electrons. The zero-order chi connectivity index (χ0) is 8.27. The highest BCUT2D eigenvalue weighted by Gasteiger charge is 2.02. The first-order valence-corrected chi connectivity index (χ1v) is 3.07. The van der Waals surface area contributed by atoms with Gasteiger partial charge in [-0.2, -0.15) is 0 Å². The summed E-state index contributed by atoms with van der Waals surface area (Å²) in [4.78, 5) is 14.1. The molecule has 0 unspecified atom stereocenters. The number of carbonyl (C=O) groups is 1. The number of rotatable bonds is 2. The van der Waals surface area contributed by atoms with Crippen molar-refractivity contribution in [2.45, 2.75) is 0 Å². The van der Waals surface area contributed by atoms with E-state index in [9.17, 15) is 4.79 Å². The number of hydrogen-bond donors (Lipinski definition) is 1. The molecule has 1 N–H and O–H groups in total. The smallest absolute Gasteiger partial charge is 0.354 e. The van der Waals surface area contributed by atoms with Crippen molar-refractivity contribution in [2.24, 2.45) is 0 Å². The van der Waals surface area contributed by atoms with E-state index in [2.05, 4.69) is 11.6 Å². The molecule has 11 heavy (non-hydrogen) atoms. The Labute approximate surface area is 64.0 Å². The van der Waals surface area contributed by atoms with Crippen LogP contribution in [0.15, 0.2) is 24.8 Å². The molecule has 0 spiro atoms. The normalized spacial score (nSPS) is 9.09. The summed E-state index contributed by atoms with van der Waals surface area (Å²) in [6, 6.07) is 4.77. The van der Waals surface area contributed by atoms with Gasteiger partial charge in [0.2, 0.25) is 0 Å². The Hall–Kier alpha value is -1.64. The lowest BCUT2D eigenvalue weighted by Gasteiger charge is -1.93. The van der Waals surface area contributed by atoms with E-state index in [0.29, 0.717) is 5.69 Å². The van der Waals surface area contributed by atoms with E-state index in [-0.39, 0.29) is 5.69 Å². The van der Waals surface area contributed by atoms with Gasteiger partial charge in [0.1, 0.15) is 5.69 Å². The van der Waals surface area contributed by atoms with E-state index >= 15 is 0 Å². The van der Waals surface area contributed by atoms with Crippen molar-refractivity contribution in [1.29, 1.82) is 0 Å².